The van der Waals surface area contributed by atoms with Crippen molar-refractivity contribution in [1.29, 1.82) is 0 Å². The highest BCUT2D eigenvalue weighted by Crippen LogP contribution is 2.14. The predicted molar refractivity (Wildman–Crippen MR) is 137 cm³/mol. The second-order valence-corrected chi connectivity index (χ2v) is 7.84. The second-order valence-electron chi connectivity index (χ2n) is 7.84. The Labute approximate surface area is 198 Å². The van der Waals surface area contributed by atoms with E-state index in [1.165, 1.54) is 11.1 Å². The van der Waals surface area contributed by atoms with Crippen molar-refractivity contribution in [2.75, 3.05) is 45.2 Å². The molecular formula is C23H35IN6. The van der Waals surface area contributed by atoms with Crippen LogP contribution in [0.3, 0.4) is 0 Å². The van der Waals surface area contributed by atoms with E-state index in [0.717, 1.165) is 51.0 Å². The molecule has 3 rings (SSSR count). The maximum atomic E-state index is 4.53. The Morgan fingerprint density at radius 3 is 2.33 bits per heavy atom. The molecule has 164 valence electrons. The molecule has 1 aliphatic heterocycles. The van der Waals surface area contributed by atoms with Crippen molar-refractivity contribution in [2.45, 2.75) is 33.0 Å². The number of nitrogens with one attached hydrogen (secondary N) is 1. The Kier molecular flexibility index (Phi) is 9.84. The van der Waals surface area contributed by atoms with E-state index in [1.54, 1.807) is 0 Å². The third-order valence-corrected chi connectivity index (χ3v) is 5.62. The zero-order valence-electron chi connectivity index (χ0n) is 18.6. The summed E-state index contributed by atoms with van der Waals surface area (Å²) in [7, 11) is 4.04. The minimum atomic E-state index is 0. The molecule has 1 aromatic carbocycles. The number of pyridine rings is 1. The highest BCUT2D eigenvalue weighted by molar-refractivity contribution is 14.0. The number of guanidine groups is 1. The van der Waals surface area contributed by atoms with Crippen molar-refractivity contribution in [3.05, 3.63) is 59.8 Å². The lowest BCUT2D eigenvalue weighted by atomic mass is 10.1. The first-order chi connectivity index (χ1) is 14.1. The van der Waals surface area contributed by atoms with Gasteiger partial charge in [0.2, 0.25) is 0 Å². The SMILES string of the molecule is CN=C(NCc1ccccc1CN(C)C(C)C)N1CCN(c2ccccn2)CC1.I. The van der Waals surface area contributed by atoms with Gasteiger partial charge in [-0.25, -0.2) is 4.98 Å². The maximum Gasteiger partial charge on any atom is 0.194 e. The summed E-state index contributed by atoms with van der Waals surface area (Å²) in [6.07, 6.45) is 1.86. The molecule has 1 N–H and O–H groups in total. The number of hydrogen-bond donors (Lipinski definition) is 1. The fourth-order valence-corrected chi connectivity index (χ4v) is 3.53. The molecule has 0 aliphatic carbocycles. The lowest BCUT2D eigenvalue weighted by molar-refractivity contribution is 0.265. The van der Waals surface area contributed by atoms with Crippen LogP contribution in [0.2, 0.25) is 0 Å². The molecule has 0 unspecified atom stereocenters. The monoisotopic (exact) mass is 522 g/mol. The number of nitrogens with zero attached hydrogens (tertiary/aromatic N) is 5. The van der Waals surface area contributed by atoms with E-state index in [2.05, 4.69) is 81.2 Å². The van der Waals surface area contributed by atoms with Crippen LogP contribution in [0.1, 0.15) is 25.0 Å². The summed E-state index contributed by atoms with van der Waals surface area (Å²) in [6, 6.07) is 15.3. The van der Waals surface area contributed by atoms with E-state index in [4.69, 9.17) is 0 Å². The van der Waals surface area contributed by atoms with Crippen LogP contribution in [0.15, 0.2) is 53.7 Å². The van der Waals surface area contributed by atoms with Crippen LogP contribution in [-0.2, 0) is 13.1 Å². The van der Waals surface area contributed by atoms with Crippen molar-refractivity contribution in [3.8, 4) is 0 Å². The fourth-order valence-electron chi connectivity index (χ4n) is 3.53. The number of anilines is 1. The highest BCUT2D eigenvalue weighted by atomic mass is 127. The van der Waals surface area contributed by atoms with Gasteiger partial charge in [0.1, 0.15) is 5.82 Å². The van der Waals surface area contributed by atoms with Gasteiger partial charge in [-0.15, -0.1) is 24.0 Å². The molecule has 0 atom stereocenters. The summed E-state index contributed by atoms with van der Waals surface area (Å²) in [5, 5.41) is 3.58. The second kappa shape index (κ2) is 12.1. The lowest BCUT2D eigenvalue weighted by Gasteiger charge is -2.37. The Morgan fingerprint density at radius 2 is 1.73 bits per heavy atom. The Balaban J connectivity index is 0.00000320. The Morgan fingerprint density at radius 1 is 1.07 bits per heavy atom. The molecule has 30 heavy (non-hydrogen) atoms. The quantitative estimate of drug-likeness (QED) is 0.358. The van der Waals surface area contributed by atoms with Crippen LogP contribution in [0.25, 0.3) is 0 Å². The molecule has 1 saturated heterocycles. The predicted octanol–water partition coefficient (Wildman–Crippen LogP) is 3.44. The average molecular weight is 522 g/mol. The van der Waals surface area contributed by atoms with E-state index in [0.29, 0.717) is 6.04 Å². The van der Waals surface area contributed by atoms with Gasteiger partial charge >= 0.3 is 0 Å². The third kappa shape index (κ3) is 6.57. The minimum Gasteiger partial charge on any atom is -0.353 e. The van der Waals surface area contributed by atoms with Crippen molar-refractivity contribution < 1.29 is 0 Å². The van der Waals surface area contributed by atoms with Gasteiger partial charge in [-0.05, 0) is 44.2 Å². The number of hydrogen-bond acceptors (Lipinski definition) is 4. The average Bonchev–Trinajstić information content (AvgIpc) is 2.76. The fraction of sp³-hybridized carbons (Fsp3) is 0.478. The maximum absolute atomic E-state index is 4.53. The molecule has 1 aliphatic rings. The smallest absolute Gasteiger partial charge is 0.194 e. The molecule has 7 heteroatoms. The first-order valence-electron chi connectivity index (χ1n) is 10.5. The first kappa shape index (κ1) is 24.4. The van der Waals surface area contributed by atoms with Crippen LogP contribution >= 0.6 is 24.0 Å². The number of rotatable bonds is 6. The molecule has 2 aromatic rings. The molecule has 0 amide bonds. The molecule has 0 radical (unpaired) electrons. The van der Waals surface area contributed by atoms with Gasteiger partial charge in [-0.3, -0.25) is 9.89 Å². The van der Waals surface area contributed by atoms with E-state index in [1.807, 2.05) is 25.4 Å². The number of halogens is 1. The summed E-state index contributed by atoms with van der Waals surface area (Å²) in [6.45, 7) is 9.98. The van der Waals surface area contributed by atoms with Crippen LogP contribution in [-0.4, -0.2) is 67.1 Å². The van der Waals surface area contributed by atoms with Gasteiger partial charge in [0.15, 0.2) is 5.96 Å². The Hall–Kier alpha value is -1.87. The standard InChI is InChI=1S/C23H34N6.HI/c1-19(2)27(4)18-21-10-6-5-9-20(21)17-26-23(24-3)29-15-13-28(14-16-29)22-11-7-8-12-25-22;/h5-12,19H,13-18H2,1-4H3,(H,24,26);1H. The van der Waals surface area contributed by atoms with Gasteiger partial charge < -0.3 is 15.1 Å². The largest absolute Gasteiger partial charge is 0.353 e. The molecule has 0 spiro atoms. The number of aromatic nitrogens is 1. The topological polar surface area (TPSA) is 47.0 Å². The van der Waals surface area contributed by atoms with E-state index < -0.39 is 0 Å². The van der Waals surface area contributed by atoms with E-state index in [-0.39, 0.29) is 24.0 Å². The van der Waals surface area contributed by atoms with Crippen LogP contribution < -0.4 is 10.2 Å². The minimum absolute atomic E-state index is 0. The van der Waals surface area contributed by atoms with Gasteiger partial charge in [0, 0.05) is 58.6 Å². The molecule has 6 nitrogen and oxygen atoms in total. The van der Waals surface area contributed by atoms with Crippen LogP contribution in [0, 0.1) is 0 Å². The van der Waals surface area contributed by atoms with E-state index >= 15 is 0 Å². The first-order valence-corrected chi connectivity index (χ1v) is 10.5. The molecular weight excluding hydrogens is 487 g/mol. The summed E-state index contributed by atoms with van der Waals surface area (Å²) >= 11 is 0. The lowest BCUT2D eigenvalue weighted by Crippen LogP contribution is -2.52. The summed E-state index contributed by atoms with van der Waals surface area (Å²) in [4.78, 5) is 16.0. The van der Waals surface area contributed by atoms with Gasteiger partial charge in [0.05, 0.1) is 0 Å². The number of piperazine rings is 1. The summed E-state index contributed by atoms with van der Waals surface area (Å²) < 4.78 is 0. The zero-order chi connectivity index (χ0) is 20.6. The summed E-state index contributed by atoms with van der Waals surface area (Å²) in [5.74, 6) is 2.02. The molecule has 0 bridgehead atoms. The summed E-state index contributed by atoms with van der Waals surface area (Å²) in [5.41, 5.74) is 2.69. The van der Waals surface area contributed by atoms with Crippen LogP contribution in [0.5, 0.6) is 0 Å². The molecule has 1 fully saturated rings. The van der Waals surface area contributed by atoms with Crippen LogP contribution in [0.4, 0.5) is 5.82 Å². The Bertz CT molecular complexity index is 787. The molecule has 0 saturated carbocycles. The molecule has 1 aromatic heterocycles. The van der Waals surface area contributed by atoms with Gasteiger partial charge in [0.25, 0.3) is 0 Å². The van der Waals surface area contributed by atoms with E-state index in [9.17, 15) is 0 Å². The zero-order valence-corrected chi connectivity index (χ0v) is 20.9. The molecule has 2 heterocycles. The van der Waals surface area contributed by atoms with Gasteiger partial charge in [-0.2, -0.15) is 0 Å². The van der Waals surface area contributed by atoms with Crippen molar-refractivity contribution in [2.24, 2.45) is 4.99 Å². The normalized spacial score (nSPS) is 14.8. The number of aliphatic imine (C=N–C) groups is 1. The van der Waals surface area contributed by atoms with Gasteiger partial charge in [-0.1, -0.05) is 30.3 Å². The highest BCUT2D eigenvalue weighted by Gasteiger charge is 2.20. The van der Waals surface area contributed by atoms with Crippen molar-refractivity contribution in [1.82, 2.24) is 20.1 Å². The van der Waals surface area contributed by atoms with Crippen molar-refractivity contribution >= 4 is 35.8 Å². The third-order valence-electron chi connectivity index (χ3n) is 5.62. The number of benzene rings is 1. The van der Waals surface area contributed by atoms with Crippen molar-refractivity contribution in [3.63, 3.8) is 0 Å².